The maximum atomic E-state index is 12.5. The summed E-state index contributed by atoms with van der Waals surface area (Å²) in [7, 11) is 0. The molecule has 150 valence electrons. The fourth-order valence-electron chi connectivity index (χ4n) is 2.18. The van der Waals surface area contributed by atoms with Crippen LogP contribution in [0.1, 0.15) is 18.5 Å². The molecule has 8 N–H and O–H groups in total. The Morgan fingerprint density at radius 3 is 2.44 bits per heavy atom. The number of aliphatic carboxylic acids is 1. The number of imidazole rings is 1. The Hall–Kier alpha value is -2.60. The lowest BCUT2D eigenvalue weighted by atomic mass is 10.1. The molecular weight excluding hydrogens is 376 g/mol. The monoisotopic (exact) mass is 400 g/mol. The van der Waals surface area contributed by atoms with Crippen LogP contribution in [0.2, 0.25) is 0 Å². The Bertz CT molecular complexity index is 653. The first-order valence-electron chi connectivity index (χ1n) is 8.08. The van der Waals surface area contributed by atoms with E-state index in [9.17, 15) is 24.3 Å². The number of carbonyl (C=O) groups excluding carboxylic acids is 3. The van der Waals surface area contributed by atoms with E-state index in [1.807, 2.05) is 6.26 Å². The highest BCUT2D eigenvalue weighted by atomic mass is 32.2. The zero-order valence-electron chi connectivity index (χ0n) is 14.8. The van der Waals surface area contributed by atoms with Crippen molar-refractivity contribution in [1.82, 2.24) is 20.6 Å². The molecule has 11 nitrogen and oxygen atoms in total. The van der Waals surface area contributed by atoms with Gasteiger partial charge in [0.2, 0.25) is 17.7 Å². The molecule has 1 aromatic heterocycles. The van der Waals surface area contributed by atoms with Crippen LogP contribution in [0.25, 0.3) is 0 Å². The molecule has 0 aliphatic heterocycles. The summed E-state index contributed by atoms with van der Waals surface area (Å²) in [6.45, 7) is 0. The minimum Gasteiger partial charge on any atom is -0.480 e. The molecule has 0 aromatic carbocycles. The Labute approximate surface area is 160 Å². The molecule has 0 aliphatic rings. The van der Waals surface area contributed by atoms with E-state index in [-0.39, 0.29) is 19.3 Å². The third kappa shape index (κ3) is 8.09. The van der Waals surface area contributed by atoms with Crippen LogP contribution in [0.5, 0.6) is 0 Å². The van der Waals surface area contributed by atoms with Crippen molar-refractivity contribution in [2.45, 2.75) is 37.4 Å². The van der Waals surface area contributed by atoms with E-state index in [0.717, 1.165) is 0 Å². The number of amides is 3. The molecule has 1 heterocycles. The number of H-pyrrole nitrogens is 1. The third-order valence-corrected chi connectivity index (χ3v) is 4.23. The van der Waals surface area contributed by atoms with Gasteiger partial charge in [-0.2, -0.15) is 11.8 Å². The average Bonchev–Trinajstić information content (AvgIpc) is 3.09. The lowest BCUT2D eigenvalue weighted by Gasteiger charge is -2.22. The van der Waals surface area contributed by atoms with Gasteiger partial charge in [0.25, 0.3) is 0 Å². The molecule has 12 heteroatoms. The van der Waals surface area contributed by atoms with Crippen molar-refractivity contribution >= 4 is 35.5 Å². The number of carboxylic acids is 1. The minimum absolute atomic E-state index is 0.0189. The van der Waals surface area contributed by atoms with Gasteiger partial charge in [-0.1, -0.05) is 0 Å². The second kappa shape index (κ2) is 11.2. The van der Waals surface area contributed by atoms with Gasteiger partial charge in [0, 0.05) is 12.6 Å². The molecule has 0 fully saturated rings. The first-order chi connectivity index (χ1) is 12.7. The summed E-state index contributed by atoms with van der Waals surface area (Å²) < 4.78 is 0. The molecule has 3 amide bonds. The standard InChI is InChI=1S/C15H24N6O5S/c1-27-3-2-10(20-13(23)9(16)5-12(17)22)14(24)21-11(15(25)26)4-8-6-18-7-19-8/h6-7,9-11H,2-5,16H2,1H3,(H2,17,22)(H,18,19)(H,20,23)(H,21,24)(H,25,26)/t9-,10-,11-/m0/s1. The molecule has 0 aliphatic carbocycles. The van der Waals surface area contributed by atoms with Crippen LogP contribution in [0.3, 0.4) is 0 Å². The van der Waals surface area contributed by atoms with Gasteiger partial charge in [-0.3, -0.25) is 14.4 Å². The summed E-state index contributed by atoms with van der Waals surface area (Å²) in [6, 6.07) is -3.40. The van der Waals surface area contributed by atoms with Gasteiger partial charge in [0.15, 0.2) is 0 Å². The van der Waals surface area contributed by atoms with Gasteiger partial charge in [-0.15, -0.1) is 0 Å². The molecule has 1 aromatic rings. The molecular formula is C15H24N6O5S. The number of carboxylic acid groups (broad SMARTS) is 1. The van der Waals surface area contributed by atoms with Gasteiger partial charge in [0.1, 0.15) is 12.1 Å². The highest BCUT2D eigenvalue weighted by Crippen LogP contribution is 2.05. The fraction of sp³-hybridized carbons (Fsp3) is 0.533. The summed E-state index contributed by atoms with van der Waals surface area (Å²) in [5, 5.41) is 14.2. The number of rotatable bonds is 12. The number of hydrogen-bond donors (Lipinski definition) is 6. The van der Waals surface area contributed by atoms with Crippen LogP contribution < -0.4 is 22.1 Å². The second-order valence-corrected chi connectivity index (χ2v) is 6.77. The zero-order chi connectivity index (χ0) is 20.4. The molecule has 0 bridgehead atoms. The SMILES string of the molecule is CSCC[C@H](NC(=O)[C@@H](N)CC(N)=O)C(=O)N[C@@H](Cc1c[nH]cn1)C(=O)O. The van der Waals surface area contributed by atoms with Crippen molar-refractivity contribution in [2.75, 3.05) is 12.0 Å². The topological polar surface area (TPSA) is 193 Å². The summed E-state index contributed by atoms with van der Waals surface area (Å²) in [6.07, 6.45) is 4.63. The van der Waals surface area contributed by atoms with Crippen LogP contribution in [-0.2, 0) is 25.6 Å². The van der Waals surface area contributed by atoms with E-state index in [1.165, 1.54) is 24.3 Å². The smallest absolute Gasteiger partial charge is 0.326 e. The van der Waals surface area contributed by atoms with E-state index in [4.69, 9.17) is 11.5 Å². The first kappa shape index (κ1) is 22.4. The predicted molar refractivity (Wildman–Crippen MR) is 98.6 cm³/mol. The quantitative estimate of drug-likeness (QED) is 0.231. The Balaban J connectivity index is 2.77. The van der Waals surface area contributed by atoms with Crippen molar-refractivity contribution in [2.24, 2.45) is 11.5 Å². The summed E-state index contributed by atoms with van der Waals surface area (Å²) in [5.74, 6) is -2.80. The maximum Gasteiger partial charge on any atom is 0.326 e. The average molecular weight is 400 g/mol. The van der Waals surface area contributed by atoms with Gasteiger partial charge < -0.3 is 32.2 Å². The summed E-state index contributed by atoms with van der Waals surface area (Å²) in [4.78, 5) is 53.5. The Kier molecular flexibility index (Phi) is 9.30. The second-order valence-electron chi connectivity index (χ2n) is 5.78. The number of carbonyl (C=O) groups is 4. The van der Waals surface area contributed by atoms with Gasteiger partial charge in [0.05, 0.1) is 24.5 Å². The molecule has 27 heavy (non-hydrogen) atoms. The lowest BCUT2D eigenvalue weighted by Crippen LogP contribution is -2.55. The van der Waals surface area contributed by atoms with E-state index in [2.05, 4.69) is 20.6 Å². The van der Waals surface area contributed by atoms with Crippen molar-refractivity contribution < 1.29 is 24.3 Å². The highest BCUT2D eigenvalue weighted by Gasteiger charge is 2.28. The molecule has 0 unspecified atom stereocenters. The maximum absolute atomic E-state index is 12.5. The van der Waals surface area contributed by atoms with E-state index in [1.54, 1.807) is 0 Å². The molecule has 0 radical (unpaired) electrons. The predicted octanol–water partition coefficient (Wildman–Crippen LogP) is -2.04. The number of hydrogen-bond acceptors (Lipinski definition) is 7. The van der Waals surface area contributed by atoms with Crippen LogP contribution >= 0.6 is 11.8 Å². The highest BCUT2D eigenvalue weighted by molar-refractivity contribution is 7.98. The van der Waals surface area contributed by atoms with Crippen LogP contribution in [0, 0.1) is 0 Å². The Morgan fingerprint density at radius 2 is 1.93 bits per heavy atom. The molecule has 0 spiro atoms. The largest absolute Gasteiger partial charge is 0.480 e. The first-order valence-corrected chi connectivity index (χ1v) is 9.48. The normalized spacial score (nSPS) is 14.0. The molecule has 0 saturated heterocycles. The Morgan fingerprint density at radius 1 is 1.26 bits per heavy atom. The van der Waals surface area contributed by atoms with E-state index < -0.39 is 41.8 Å². The molecule has 0 saturated carbocycles. The van der Waals surface area contributed by atoms with Gasteiger partial charge >= 0.3 is 5.97 Å². The number of aromatic nitrogens is 2. The minimum atomic E-state index is -1.23. The lowest BCUT2D eigenvalue weighted by molar-refractivity contribution is -0.142. The number of thioether (sulfide) groups is 1. The number of primary amides is 1. The number of nitrogens with zero attached hydrogens (tertiary/aromatic N) is 1. The van der Waals surface area contributed by atoms with Crippen molar-refractivity contribution in [3.8, 4) is 0 Å². The van der Waals surface area contributed by atoms with Crippen molar-refractivity contribution in [3.05, 3.63) is 18.2 Å². The number of nitrogens with two attached hydrogens (primary N) is 2. The van der Waals surface area contributed by atoms with Crippen molar-refractivity contribution in [3.63, 3.8) is 0 Å². The number of nitrogens with one attached hydrogen (secondary N) is 3. The van der Waals surface area contributed by atoms with Crippen LogP contribution in [0.4, 0.5) is 0 Å². The van der Waals surface area contributed by atoms with Crippen molar-refractivity contribution in [1.29, 1.82) is 0 Å². The summed E-state index contributed by atoms with van der Waals surface area (Å²) in [5.41, 5.74) is 11.1. The molecule has 3 atom stereocenters. The molecule has 1 rings (SSSR count). The van der Waals surface area contributed by atoms with Crippen LogP contribution in [0.15, 0.2) is 12.5 Å². The number of aromatic amines is 1. The fourth-order valence-corrected chi connectivity index (χ4v) is 2.65. The van der Waals surface area contributed by atoms with E-state index in [0.29, 0.717) is 11.4 Å². The zero-order valence-corrected chi connectivity index (χ0v) is 15.6. The van der Waals surface area contributed by atoms with Crippen LogP contribution in [-0.4, -0.2) is 68.9 Å². The van der Waals surface area contributed by atoms with E-state index >= 15 is 0 Å². The van der Waals surface area contributed by atoms with Gasteiger partial charge in [-0.05, 0) is 18.4 Å². The summed E-state index contributed by atoms with van der Waals surface area (Å²) >= 11 is 1.46. The van der Waals surface area contributed by atoms with Gasteiger partial charge in [-0.25, -0.2) is 9.78 Å². The third-order valence-electron chi connectivity index (χ3n) is 3.58.